The van der Waals surface area contributed by atoms with Crippen LogP contribution in [0.1, 0.15) is 13.3 Å². The first-order valence-electron chi connectivity index (χ1n) is 4.03. The van der Waals surface area contributed by atoms with E-state index in [1.807, 2.05) is 6.92 Å². The second-order valence-corrected chi connectivity index (χ2v) is 3.73. The van der Waals surface area contributed by atoms with E-state index in [2.05, 4.69) is 11.9 Å². The second-order valence-electron chi connectivity index (χ2n) is 2.57. The van der Waals surface area contributed by atoms with Crippen LogP contribution >= 0.6 is 11.8 Å². The van der Waals surface area contributed by atoms with Gasteiger partial charge in [-0.25, -0.2) is 0 Å². The third-order valence-electron chi connectivity index (χ3n) is 1.42. The quantitative estimate of drug-likeness (QED) is 0.538. The molecule has 1 nitrogen and oxygen atoms in total. The van der Waals surface area contributed by atoms with E-state index in [9.17, 15) is 13.2 Å². The van der Waals surface area contributed by atoms with Gasteiger partial charge in [0, 0.05) is 18.8 Å². The molecule has 0 amide bonds. The number of alkyl halides is 3. The fourth-order valence-corrected chi connectivity index (χ4v) is 1.11. The van der Waals surface area contributed by atoms with E-state index in [1.54, 1.807) is 0 Å². The van der Waals surface area contributed by atoms with Gasteiger partial charge in [0.05, 0.1) is 0 Å². The van der Waals surface area contributed by atoms with E-state index in [4.69, 9.17) is 0 Å². The lowest BCUT2D eigenvalue weighted by atomic mass is 10.2. The molecule has 13 heavy (non-hydrogen) atoms. The fourth-order valence-electron chi connectivity index (χ4n) is 0.629. The first kappa shape index (κ1) is 12.8. The molecule has 0 spiro atoms. The molecular weight excluding hydrogens is 199 g/mol. The molecular formula is C8H14F3NS. The molecule has 1 N–H and O–H groups in total. The first-order valence-corrected chi connectivity index (χ1v) is 5.02. The van der Waals surface area contributed by atoms with Gasteiger partial charge in [0.2, 0.25) is 0 Å². The van der Waals surface area contributed by atoms with Crippen molar-refractivity contribution in [1.82, 2.24) is 5.32 Å². The molecule has 0 aromatic heterocycles. The minimum absolute atomic E-state index is 0.000667. The minimum Gasteiger partial charge on any atom is -0.312 e. The van der Waals surface area contributed by atoms with E-state index >= 15 is 0 Å². The Labute approximate surface area is 80.8 Å². The lowest BCUT2D eigenvalue weighted by molar-refractivity contribution is -0.0327. The molecule has 5 heteroatoms. The zero-order valence-electron chi connectivity index (χ0n) is 7.58. The predicted octanol–water partition coefficient (Wildman–Crippen LogP) is 2.80. The number of rotatable bonds is 6. The molecule has 78 valence electrons. The van der Waals surface area contributed by atoms with Crippen molar-refractivity contribution in [1.29, 1.82) is 0 Å². The monoisotopic (exact) mass is 213 g/mol. The second kappa shape index (κ2) is 6.32. The van der Waals surface area contributed by atoms with Crippen molar-refractivity contribution in [3.63, 3.8) is 0 Å². The zero-order valence-corrected chi connectivity index (χ0v) is 8.39. The van der Waals surface area contributed by atoms with Crippen LogP contribution in [0.4, 0.5) is 13.2 Å². The highest BCUT2D eigenvalue weighted by atomic mass is 32.2. The van der Waals surface area contributed by atoms with Crippen LogP contribution in [0.5, 0.6) is 0 Å². The van der Waals surface area contributed by atoms with Gasteiger partial charge in [-0.05, 0) is 18.2 Å². The van der Waals surface area contributed by atoms with Gasteiger partial charge in [0.1, 0.15) is 0 Å². The van der Waals surface area contributed by atoms with Crippen molar-refractivity contribution < 1.29 is 13.2 Å². The molecule has 0 heterocycles. The summed E-state index contributed by atoms with van der Waals surface area (Å²) in [5.74, 6) is 0.0560. The SMILES string of the molecule is C=C(CC)CNCCSC(F)(F)F. The van der Waals surface area contributed by atoms with Crippen molar-refractivity contribution in [3.05, 3.63) is 12.2 Å². The van der Waals surface area contributed by atoms with Gasteiger partial charge >= 0.3 is 5.51 Å². The molecule has 0 radical (unpaired) electrons. The van der Waals surface area contributed by atoms with Crippen molar-refractivity contribution in [2.45, 2.75) is 18.9 Å². The predicted molar refractivity (Wildman–Crippen MR) is 50.8 cm³/mol. The van der Waals surface area contributed by atoms with Crippen LogP contribution in [0.2, 0.25) is 0 Å². The number of nitrogens with one attached hydrogen (secondary N) is 1. The van der Waals surface area contributed by atoms with Crippen LogP contribution in [0.15, 0.2) is 12.2 Å². The Morgan fingerprint density at radius 2 is 2.08 bits per heavy atom. The van der Waals surface area contributed by atoms with Gasteiger partial charge in [-0.3, -0.25) is 0 Å². The van der Waals surface area contributed by atoms with Crippen LogP contribution in [0.3, 0.4) is 0 Å². The third kappa shape index (κ3) is 9.76. The van der Waals surface area contributed by atoms with Crippen molar-refractivity contribution in [3.8, 4) is 0 Å². The Hall–Kier alpha value is -0.160. The Bertz CT molecular complexity index is 156. The van der Waals surface area contributed by atoms with E-state index in [1.165, 1.54) is 0 Å². The van der Waals surface area contributed by atoms with Crippen molar-refractivity contribution >= 4 is 11.8 Å². The summed E-state index contributed by atoms with van der Waals surface area (Å²) in [4.78, 5) is 0. The summed E-state index contributed by atoms with van der Waals surface area (Å²) in [6, 6.07) is 0. The van der Waals surface area contributed by atoms with Gasteiger partial charge in [0.25, 0.3) is 0 Å². The Morgan fingerprint density at radius 3 is 2.54 bits per heavy atom. The van der Waals surface area contributed by atoms with Crippen LogP contribution < -0.4 is 5.32 Å². The summed E-state index contributed by atoms with van der Waals surface area (Å²) in [5.41, 5.74) is -3.10. The van der Waals surface area contributed by atoms with E-state index < -0.39 is 5.51 Å². The summed E-state index contributed by atoms with van der Waals surface area (Å²) in [7, 11) is 0. The lowest BCUT2D eigenvalue weighted by Crippen LogP contribution is -2.20. The average Bonchev–Trinajstić information content (AvgIpc) is 2.01. The maximum Gasteiger partial charge on any atom is 0.441 e. The number of thioether (sulfide) groups is 1. The molecule has 0 aliphatic carbocycles. The van der Waals surface area contributed by atoms with E-state index in [0.29, 0.717) is 13.1 Å². The molecule has 0 fully saturated rings. The maximum atomic E-state index is 11.6. The molecule has 0 rings (SSSR count). The summed E-state index contributed by atoms with van der Waals surface area (Å²) in [5, 5.41) is 2.89. The summed E-state index contributed by atoms with van der Waals surface area (Å²) < 4.78 is 34.9. The third-order valence-corrected chi connectivity index (χ3v) is 2.16. The van der Waals surface area contributed by atoms with Crippen molar-refractivity contribution in [2.24, 2.45) is 0 Å². The average molecular weight is 213 g/mol. The Kier molecular flexibility index (Phi) is 6.24. The largest absolute Gasteiger partial charge is 0.441 e. The first-order chi connectivity index (χ1) is 5.95. The maximum absolute atomic E-state index is 11.6. The molecule has 0 aromatic carbocycles. The molecule has 0 atom stereocenters. The lowest BCUT2D eigenvalue weighted by Gasteiger charge is -2.07. The number of hydrogen-bond acceptors (Lipinski definition) is 2. The molecule has 0 aromatic rings. The molecule has 0 aliphatic heterocycles. The van der Waals surface area contributed by atoms with Gasteiger partial charge in [-0.15, -0.1) is 0 Å². The van der Waals surface area contributed by atoms with Crippen molar-refractivity contribution in [2.75, 3.05) is 18.8 Å². The van der Waals surface area contributed by atoms with Crippen LogP contribution in [0, 0.1) is 0 Å². The molecule has 0 saturated heterocycles. The normalized spacial score (nSPS) is 11.7. The molecule has 0 aliphatic rings. The van der Waals surface area contributed by atoms with Crippen LogP contribution in [-0.4, -0.2) is 24.4 Å². The van der Waals surface area contributed by atoms with E-state index in [-0.39, 0.29) is 17.5 Å². The standard InChI is InChI=1S/C8H14F3NS/c1-3-7(2)6-12-4-5-13-8(9,10)11/h12H,2-6H2,1H3. The Balaban J connectivity index is 3.22. The molecule has 0 bridgehead atoms. The molecule has 0 unspecified atom stereocenters. The topological polar surface area (TPSA) is 12.0 Å². The highest BCUT2D eigenvalue weighted by Gasteiger charge is 2.27. The highest BCUT2D eigenvalue weighted by molar-refractivity contribution is 8.00. The van der Waals surface area contributed by atoms with Gasteiger partial charge in [-0.1, -0.05) is 19.1 Å². The van der Waals surface area contributed by atoms with Crippen LogP contribution in [-0.2, 0) is 0 Å². The highest BCUT2D eigenvalue weighted by Crippen LogP contribution is 2.29. The van der Waals surface area contributed by atoms with Crippen LogP contribution in [0.25, 0.3) is 0 Å². The minimum atomic E-state index is -4.11. The fraction of sp³-hybridized carbons (Fsp3) is 0.750. The van der Waals surface area contributed by atoms with Gasteiger partial charge in [-0.2, -0.15) is 13.2 Å². The summed E-state index contributed by atoms with van der Waals surface area (Å²) >= 11 is 0.000667. The zero-order chi connectivity index (χ0) is 10.3. The van der Waals surface area contributed by atoms with E-state index in [0.717, 1.165) is 12.0 Å². The summed E-state index contributed by atoms with van der Waals surface area (Å²) in [6.07, 6.45) is 0.861. The molecule has 0 saturated carbocycles. The van der Waals surface area contributed by atoms with Gasteiger partial charge in [0.15, 0.2) is 0 Å². The Morgan fingerprint density at radius 1 is 1.46 bits per heavy atom. The number of hydrogen-bond donors (Lipinski definition) is 1. The van der Waals surface area contributed by atoms with Gasteiger partial charge < -0.3 is 5.32 Å². The summed E-state index contributed by atoms with van der Waals surface area (Å²) in [6.45, 7) is 6.67. The smallest absolute Gasteiger partial charge is 0.312 e. The number of halogens is 3.